The summed E-state index contributed by atoms with van der Waals surface area (Å²) in [5.74, 6) is -1.22. The fourth-order valence-corrected chi connectivity index (χ4v) is 0.988. The molecule has 1 unspecified atom stereocenters. The van der Waals surface area contributed by atoms with Crippen LogP contribution in [0, 0.1) is 0 Å². The Bertz CT molecular complexity index is 241. The number of amides is 1. The fourth-order valence-electron chi connectivity index (χ4n) is 0.988. The summed E-state index contributed by atoms with van der Waals surface area (Å²) in [7, 11) is 3.73. The zero-order chi connectivity index (χ0) is 12.1. The number of carbonyl (C=O) groups excluding carboxylic acids is 1. The Kier molecular flexibility index (Phi) is 5.28. The Labute approximate surface area is 90.5 Å². The summed E-state index contributed by atoms with van der Waals surface area (Å²) < 4.78 is 0. The first-order valence-corrected chi connectivity index (χ1v) is 5.01. The molecule has 5 heteroatoms. The van der Waals surface area contributed by atoms with Gasteiger partial charge in [-0.05, 0) is 27.4 Å². The predicted octanol–water partition coefficient (Wildman–Crippen LogP) is 0.308. The molecule has 0 spiro atoms. The summed E-state index contributed by atoms with van der Waals surface area (Å²) in [5.41, 5.74) is -1.15. The molecule has 88 valence electrons. The van der Waals surface area contributed by atoms with Crippen LogP contribution < -0.4 is 5.32 Å². The minimum atomic E-state index is -1.15. The summed E-state index contributed by atoms with van der Waals surface area (Å²) in [6, 6.07) is 0. The largest absolute Gasteiger partial charge is 0.480 e. The van der Waals surface area contributed by atoms with Crippen molar-refractivity contribution in [3.8, 4) is 0 Å². The number of nitrogens with one attached hydrogen (secondary N) is 1. The lowest BCUT2D eigenvalue weighted by molar-refractivity contribution is -0.147. The fraction of sp³-hybridized carbons (Fsp3) is 0.800. The lowest BCUT2D eigenvalue weighted by Crippen LogP contribution is -2.52. The molecule has 5 nitrogen and oxygen atoms in total. The summed E-state index contributed by atoms with van der Waals surface area (Å²) in [6.07, 6.45) is 0.686. The van der Waals surface area contributed by atoms with E-state index in [0.717, 1.165) is 0 Å². The molecule has 0 aliphatic heterocycles. The third-order valence-corrected chi connectivity index (χ3v) is 2.38. The van der Waals surface area contributed by atoms with Crippen molar-refractivity contribution in [2.45, 2.75) is 32.2 Å². The molecule has 0 rings (SSSR count). The molecule has 2 N–H and O–H groups in total. The van der Waals surface area contributed by atoms with E-state index >= 15 is 0 Å². The average Bonchev–Trinajstić information content (AvgIpc) is 2.14. The number of hydrogen-bond acceptors (Lipinski definition) is 3. The molecule has 0 aromatic rings. The van der Waals surface area contributed by atoms with E-state index < -0.39 is 11.5 Å². The van der Waals surface area contributed by atoms with Crippen molar-refractivity contribution in [1.82, 2.24) is 10.2 Å². The minimum absolute atomic E-state index is 0.226. The average molecular weight is 216 g/mol. The maximum atomic E-state index is 11.4. The zero-order valence-electron chi connectivity index (χ0n) is 9.83. The van der Waals surface area contributed by atoms with Crippen LogP contribution in [0.15, 0.2) is 0 Å². The van der Waals surface area contributed by atoms with Gasteiger partial charge in [0.15, 0.2) is 0 Å². The van der Waals surface area contributed by atoms with Crippen LogP contribution in [-0.4, -0.2) is 48.1 Å². The van der Waals surface area contributed by atoms with Crippen LogP contribution in [0.1, 0.15) is 26.7 Å². The molecule has 15 heavy (non-hydrogen) atoms. The number of nitrogens with zero attached hydrogens (tertiary/aromatic N) is 1. The van der Waals surface area contributed by atoms with Crippen molar-refractivity contribution in [2.75, 3.05) is 20.6 Å². The minimum Gasteiger partial charge on any atom is -0.480 e. The van der Waals surface area contributed by atoms with Gasteiger partial charge in [-0.2, -0.15) is 0 Å². The highest BCUT2D eigenvalue weighted by Crippen LogP contribution is 2.09. The summed E-state index contributed by atoms with van der Waals surface area (Å²) in [4.78, 5) is 24.2. The molecule has 0 bridgehead atoms. The molecule has 0 heterocycles. The highest BCUT2D eigenvalue weighted by molar-refractivity contribution is 5.86. The number of carbonyl (C=O) groups is 2. The van der Waals surface area contributed by atoms with Gasteiger partial charge in [0.05, 0.1) is 0 Å². The van der Waals surface area contributed by atoms with Crippen LogP contribution in [-0.2, 0) is 9.59 Å². The van der Waals surface area contributed by atoms with Crippen LogP contribution in [0.3, 0.4) is 0 Å². The Morgan fingerprint density at radius 2 is 1.93 bits per heavy atom. The molecule has 0 aliphatic rings. The summed E-state index contributed by atoms with van der Waals surface area (Å²) in [5, 5.41) is 11.5. The van der Waals surface area contributed by atoms with E-state index in [-0.39, 0.29) is 5.91 Å². The number of rotatable bonds is 6. The molecule has 0 saturated carbocycles. The molecular formula is C10H20N2O3. The van der Waals surface area contributed by atoms with E-state index in [9.17, 15) is 9.59 Å². The topological polar surface area (TPSA) is 69.6 Å². The van der Waals surface area contributed by atoms with Gasteiger partial charge in [-0.3, -0.25) is 4.79 Å². The summed E-state index contributed by atoms with van der Waals surface area (Å²) >= 11 is 0. The van der Waals surface area contributed by atoms with E-state index in [0.29, 0.717) is 19.4 Å². The number of carboxylic acid groups (broad SMARTS) is 1. The van der Waals surface area contributed by atoms with Crippen molar-refractivity contribution in [2.24, 2.45) is 0 Å². The molecule has 0 aromatic carbocycles. The standard InChI is InChI=1S/C10H20N2O3/c1-5-10(2,9(14)15)11-8(13)6-7-12(3)4/h5-7H2,1-4H3,(H,11,13)(H,14,15). The second-order valence-corrected chi connectivity index (χ2v) is 4.09. The molecule has 1 amide bonds. The Morgan fingerprint density at radius 1 is 1.40 bits per heavy atom. The molecule has 0 fully saturated rings. The lowest BCUT2D eigenvalue weighted by Gasteiger charge is -2.24. The van der Waals surface area contributed by atoms with Gasteiger partial charge < -0.3 is 15.3 Å². The lowest BCUT2D eigenvalue weighted by atomic mass is 9.99. The molecule has 0 aromatic heterocycles. The number of aliphatic carboxylic acids is 1. The van der Waals surface area contributed by atoms with Crippen molar-refractivity contribution in [3.05, 3.63) is 0 Å². The van der Waals surface area contributed by atoms with Crippen molar-refractivity contribution in [1.29, 1.82) is 0 Å². The van der Waals surface area contributed by atoms with Gasteiger partial charge in [0.2, 0.25) is 5.91 Å². The van der Waals surface area contributed by atoms with Gasteiger partial charge >= 0.3 is 5.97 Å². The smallest absolute Gasteiger partial charge is 0.329 e. The normalized spacial score (nSPS) is 14.7. The van der Waals surface area contributed by atoms with Gasteiger partial charge in [-0.1, -0.05) is 6.92 Å². The van der Waals surface area contributed by atoms with E-state index in [1.54, 1.807) is 6.92 Å². The first kappa shape index (κ1) is 13.9. The first-order chi connectivity index (χ1) is 6.81. The highest BCUT2D eigenvalue weighted by Gasteiger charge is 2.32. The van der Waals surface area contributed by atoms with Crippen molar-refractivity contribution < 1.29 is 14.7 Å². The zero-order valence-corrected chi connectivity index (χ0v) is 9.83. The van der Waals surface area contributed by atoms with E-state index in [2.05, 4.69) is 5.32 Å². The molecule has 0 radical (unpaired) electrons. The summed E-state index contributed by atoms with van der Waals surface area (Å²) in [6.45, 7) is 3.87. The third-order valence-electron chi connectivity index (χ3n) is 2.38. The van der Waals surface area contributed by atoms with E-state index in [4.69, 9.17) is 5.11 Å². The molecule has 1 atom stereocenters. The van der Waals surface area contributed by atoms with Crippen LogP contribution in [0.4, 0.5) is 0 Å². The van der Waals surface area contributed by atoms with Crippen LogP contribution in [0.5, 0.6) is 0 Å². The Balaban J connectivity index is 4.19. The Hall–Kier alpha value is -1.10. The number of hydrogen-bond donors (Lipinski definition) is 2. The van der Waals surface area contributed by atoms with Crippen LogP contribution in [0.2, 0.25) is 0 Å². The van der Waals surface area contributed by atoms with Crippen molar-refractivity contribution >= 4 is 11.9 Å². The SMILES string of the molecule is CCC(C)(NC(=O)CCN(C)C)C(=O)O. The van der Waals surface area contributed by atoms with Crippen LogP contribution in [0.25, 0.3) is 0 Å². The second kappa shape index (κ2) is 5.70. The van der Waals surface area contributed by atoms with Crippen molar-refractivity contribution in [3.63, 3.8) is 0 Å². The van der Waals surface area contributed by atoms with Crippen LogP contribution >= 0.6 is 0 Å². The monoisotopic (exact) mass is 216 g/mol. The maximum Gasteiger partial charge on any atom is 0.329 e. The molecule has 0 aliphatic carbocycles. The first-order valence-electron chi connectivity index (χ1n) is 5.01. The van der Waals surface area contributed by atoms with E-state index in [1.165, 1.54) is 6.92 Å². The van der Waals surface area contributed by atoms with Gasteiger partial charge in [-0.25, -0.2) is 4.79 Å². The second-order valence-electron chi connectivity index (χ2n) is 4.09. The van der Waals surface area contributed by atoms with Gasteiger partial charge in [0.25, 0.3) is 0 Å². The predicted molar refractivity (Wildman–Crippen MR) is 57.6 cm³/mol. The van der Waals surface area contributed by atoms with Gasteiger partial charge in [0, 0.05) is 13.0 Å². The van der Waals surface area contributed by atoms with Gasteiger partial charge in [-0.15, -0.1) is 0 Å². The number of carboxylic acids is 1. The van der Waals surface area contributed by atoms with Gasteiger partial charge in [0.1, 0.15) is 5.54 Å². The molecular weight excluding hydrogens is 196 g/mol. The molecule has 0 saturated heterocycles. The Morgan fingerprint density at radius 3 is 2.27 bits per heavy atom. The maximum absolute atomic E-state index is 11.4. The quantitative estimate of drug-likeness (QED) is 0.670. The van der Waals surface area contributed by atoms with E-state index in [1.807, 2.05) is 19.0 Å². The highest BCUT2D eigenvalue weighted by atomic mass is 16.4. The third kappa shape index (κ3) is 4.78.